The van der Waals surface area contributed by atoms with Gasteiger partial charge in [0.15, 0.2) is 11.2 Å². The fraction of sp³-hybridized carbons (Fsp3) is 0.562. The monoisotopic (exact) mass is 317 g/mol. The zero-order chi connectivity index (χ0) is 16.7. The topological polar surface area (TPSA) is 77.1 Å². The summed E-state index contributed by atoms with van der Waals surface area (Å²) < 4.78 is 5.40. The van der Waals surface area contributed by atoms with E-state index >= 15 is 0 Å². The van der Waals surface area contributed by atoms with Gasteiger partial charge in [0.05, 0.1) is 0 Å². The van der Waals surface area contributed by atoms with Crippen LogP contribution in [-0.2, 0) is 13.6 Å². The normalized spacial score (nSPS) is 11.8. The lowest BCUT2D eigenvalue weighted by Gasteiger charge is -2.05. The molecule has 3 rings (SSSR count). The maximum Gasteiger partial charge on any atom is 0.329 e. The van der Waals surface area contributed by atoms with Gasteiger partial charge in [-0.25, -0.2) is 4.79 Å². The minimum Gasteiger partial charge on any atom is -0.314 e. The van der Waals surface area contributed by atoms with Crippen molar-refractivity contribution >= 4 is 16.9 Å². The van der Waals surface area contributed by atoms with Crippen LogP contribution in [0.3, 0.4) is 0 Å². The largest absolute Gasteiger partial charge is 0.329 e. The highest BCUT2D eigenvalue weighted by atomic mass is 16.2. The Labute approximate surface area is 133 Å². The van der Waals surface area contributed by atoms with Gasteiger partial charge in [-0.15, -0.1) is 0 Å². The quantitative estimate of drug-likeness (QED) is 0.730. The van der Waals surface area contributed by atoms with Gasteiger partial charge in [0.1, 0.15) is 0 Å². The third-order valence-corrected chi connectivity index (χ3v) is 4.64. The Hall–Kier alpha value is -2.31. The van der Waals surface area contributed by atoms with Gasteiger partial charge >= 0.3 is 5.69 Å². The van der Waals surface area contributed by atoms with Crippen molar-refractivity contribution in [1.82, 2.24) is 23.5 Å². The van der Waals surface area contributed by atoms with E-state index in [-0.39, 0.29) is 5.56 Å². The number of nitrogens with one attached hydrogen (secondary N) is 1. The molecule has 0 unspecified atom stereocenters. The van der Waals surface area contributed by atoms with Crippen LogP contribution < -0.4 is 11.2 Å². The number of imidazole rings is 2. The molecular formula is C16H23N5O2. The Morgan fingerprint density at radius 1 is 1.09 bits per heavy atom. The Bertz CT molecular complexity index is 986. The molecule has 0 fully saturated rings. The lowest BCUT2D eigenvalue weighted by Crippen LogP contribution is -2.28. The summed E-state index contributed by atoms with van der Waals surface area (Å²) in [6.45, 7) is 7.10. The lowest BCUT2D eigenvalue weighted by molar-refractivity contribution is 0.582. The second-order valence-corrected chi connectivity index (χ2v) is 6.12. The molecule has 3 aromatic rings. The highest BCUT2D eigenvalue weighted by molar-refractivity contribution is 5.76. The minimum atomic E-state index is -0.438. The van der Waals surface area contributed by atoms with E-state index in [1.807, 2.05) is 18.2 Å². The predicted octanol–water partition coefficient (Wildman–Crippen LogP) is 1.87. The van der Waals surface area contributed by atoms with E-state index in [9.17, 15) is 9.59 Å². The van der Waals surface area contributed by atoms with Crippen molar-refractivity contribution in [3.63, 3.8) is 0 Å². The summed E-state index contributed by atoms with van der Waals surface area (Å²) >= 11 is 0. The molecule has 0 bridgehead atoms. The number of aromatic nitrogens is 5. The number of hydrogen-bond acceptors (Lipinski definition) is 3. The number of rotatable bonds is 5. The molecule has 124 valence electrons. The van der Waals surface area contributed by atoms with Crippen molar-refractivity contribution in [2.24, 2.45) is 7.05 Å². The van der Waals surface area contributed by atoms with Gasteiger partial charge in [-0.3, -0.25) is 18.7 Å². The summed E-state index contributed by atoms with van der Waals surface area (Å²) in [5, 5.41) is 0. The molecule has 0 radical (unpaired) electrons. The predicted molar refractivity (Wildman–Crippen MR) is 90.2 cm³/mol. The van der Waals surface area contributed by atoms with Crippen molar-refractivity contribution in [2.45, 2.75) is 53.0 Å². The fourth-order valence-electron chi connectivity index (χ4n) is 3.14. The number of H-pyrrole nitrogens is 1. The van der Waals surface area contributed by atoms with Crippen molar-refractivity contribution < 1.29 is 0 Å². The van der Waals surface area contributed by atoms with Crippen molar-refractivity contribution in [1.29, 1.82) is 0 Å². The van der Waals surface area contributed by atoms with Crippen molar-refractivity contribution in [3.05, 3.63) is 32.2 Å². The Balaban J connectivity index is 2.23. The van der Waals surface area contributed by atoms with Crippen LogP contribution in [0.4, 0.5) is 0 Å². The molecule has 23 heavy (non-hydrogen) atoms. The molecule has 0 aliphatic heterocycles. The standard InChI is InChI=1S/C16H23N5O2/c1-5-6-7-8-9-20-10(2)11(3)21-12-13(17-15(20)21)19(4)16(23)18-14(12)22/h5-9H2,1-4H3,(H,18,22,23). The second-order valence-electron chi connectivity index (χ2n) is 6.12. The van der Waals surface area contributed by atoms with Crippen LogP contribution in [0, 0.1) is 13.8 Å². The summed E-state index contributed by atoms with van der Waals surface area (Å²) in [5.74, 6) is 0.734. The summed E-state index contributed by atoms with van der Waals surface area (Å²) in [4.78, 5) is 31.0. The third-order valence-electron chi connectivity index (χ3n) is 4.64. The van der Waals surface area contributed by atoms with E-state index in [1.54, 1.807) is 7.05 Å². The molecule has 0 saturated heterocycles. The molecule has 0 aromatic carbocycles. The lowest BCUT2D eigenvalue weighted by atomic mass is 10.2. The van der Waals surface area contributed by atoms with E-state index in [2.05, 4.69) is 21.5 Å². The maximum atomic E-state index is 12.3. The van der Waals surface area contributed by atoms with E-state index < -0.39 is 5.69 Å². The molecule has 0 aliphatic rings. The smallest absolute Gasteiger partial charge is 0.314 e. The molecule has 0 aliphatic carbocycles. The van der Waals surface area contributed by atoms with E-state index in [0.717, 1.165) is 30.1 Å². The molecule has 3 aromatic heterocycles. The Kier molecular flexibility index (Phi) is 3.87. The SMILES string of the molecule is CCCCCCn1c(C)c(C)n2c3c(=O)[nH]c(=O)n(C)c3nc12. The van der Waals surface area contributed by atoms with Crippen LogP contribution in [0.25, 0.3) is 16.9 Å². The molecule has 7 heteroatoms. The molecule has 3 heterocycles. The first-order valence-corrected chi connectivity index (χ1v) is 8.14. The number of unbranched alkanes of at least 4 members (excludes halogenated alkanes) is 3. The second kappa shape index (κ2) is 5.72. The number of aryl methyl sites for hydroxylation is 3. The van der Waals surface area contributed by atoms with Crippen molar-refractivity contribution in [2.75, 3.05) is 0 Å². The average molecular weight is 317 g/mol. The number of nitrogens with zero attached hydrogens (tertiary/aromatic N) is 4. The van der Waals surface area contributed by atoms with Gasteiger partial charge in [-0.1, -0.05) is 26.2 Å². The first-order chi connectivity index (χ1) is 11.0. The molecule has 7 nitrogen and oxygen atoms in total. The summed E-state index contributed by atoms with van der Waals surface area (Å²) in [6, 6.07) is 0. The van der Waals surface area contributed by atoms with Gasteiger partial charge in [0.25, 0.3) is 5.56 Å². The first-order valence-electron chi connectivity index (χ1n) is 8.14. The van der Waals surface area contributed by atoms with Gasteiger partial charge in [0.2, 0.25) is 5.78 Å². The van der Waals surface area contributed by atoms with E-state index in [0.29, 0.717) is 11.2 Å². The minimum absolute atomic E-state index is 0.387. The van der Waals surface area contributed by atoms with Crippen LogP contribution in [0.2, 0.25) is 0 Å². The molecule has 0 saturated carbocycles. The average Bonchev–Trinajstić information content (AvgIpc) is 3.01. The fourth-order valence-corrected chi connectivity index (χ4v) is 3.14. The molecule has 0 amide bonds. The molecule has 0 atom stereocenters. The summed E-state index contributed by atoms with van der Waals surface area (Å²) in [6.07, 6.45) is 4.68. The third kappa shape index (κ3) is 2.31. The first kappa shape index (κ1) is 15.6. The van der Waals surface area contributed by atoms with E-state index in [1.165, 1.54) is 23.8 Å². The van der Waals surface area contributed by atoms with Crippen LogP contribution in [0.5, 0.6) is 0 Å². The Morgan fingerprint density at radius 2 is 1.83 bits per heavy atom. The highest BCUT2D eigenvalue weighted by Gasteiger charge is 2.19. The molecular weight excluding hydrogens is 294 g/mol. The summed E-state index contributed by atoms with van der Waals surface area (Å²) in [7, 11) is 1.63. The Morgan fingerprint density at radius 3 is 2.52 bits per heavy atom. The van der Waals surface area contributed by atoms with Gasteiger partial charge in [-0.05, 0) is 20.3 Å². The van der Waals surface area contributed by atoms with Crippen LogP contribution in [0.1, 0.15) is 44.0 Å². The van der Waals surface area contributed by atoms with Gasteiger partial charge in [-0.2, -0.15) is 4.98 Å². The highest BCUT2D eigenvalue weighted by Crippen LogP contribution is 2.21. The summed E-state index contributed by atoms with van der Waals surface area (Å²) in [5.41, 5.74) is 2.14. The number of hydrogen-bond donors (Lipinski definition) is 1. The van der Waals surface area contributed by atoms with Crippen molar-refractivity contribution in [3.8, 4) is 0 Å². The zero-order valence-electron chi connectivity index (χ0n) is 14.1. The van der Waals surface area contributed by atoms with Gasteiger partial charge in [0, 0.05) is 25.0 Å². The van der Waals surface area contributed by atoms with Gasteiger partial charge < -0.3 is 4.57 Å². The molecule has 1 N–H and O–H groups in total. The van der Waals surface area contributed by atoms with Crippen LogP contribution in [-0.4, -0.2) is 23.5 Å². The number of fused-ring (bicyclic) bond motifs is 3. The maximum absolute atomic E-state index is 12.3. The van der Waals surface area contributed by atoms with Crippen LogP contribution in [0.15, 0.2) is 9.59 Å². The number of aromatic amines is 1. The van der Waals surface area contributed by atoms with Crippen LogP contribution >= 0.6 is 0 Å². The van der Waals surface area contributed by atoms with E-state index in [4.69, 9.17) is 0 Å². The molecule has 0 spiro atoms. The zero-order valence-corrected chi connectivity index (χ0v) is 14.1.